The maximum absolute atomic E-state index is 12.2. The van der Waals surface area contributed by atoms with Crippen molar-refractivity contribution in [3.8, 4) is 0 Å². The predicted octanol–water partition coefficient (Wildman–Crippen LogP) is 0.967. The minimum Gasteiger partial charge on any atom is -0.305 e. The van der Waals surface area contributed by atoms with Crippen molar-refractivity contribution in [2.24, 2.45) is 4.99 Å². The van der Waals surface area contributed by atoms with Crippen LogP contribution in [0.5, 0.6) is 0 Å². The summed E-state index contributed by atoms with van der Waals surface area (Å²) in [6.45, 7) is 0.799. The van der Waals surface area contributed by atoms with Crippen LogP contribution in [0.2, 0.25) is 0 Å². The molecule has 2 aliphatic rings. The molecule has 2 aromatic rings. The molecule has 2 heterocycles. The fourth-order valence-corrected chi connectivity index (χ4v) is 3.12. The Balaban J connectivity index is 1.87. The second kappa shape index (κ2) is 5.35. The van der Waals surface area contributed by atoms with Crippen LogP contribution in [0, 0.1) is 0 Å². The van der Waals surface area contributed by atoms with E-state index >= 15 is 0 Å². The number of hydrogen-bond donors (Lipinski definition) is 2. The van der Waals surface area contributed by atoms with Crippen LogP contribution >= 0.6 is 0 Å². The van der Waals surface area contributed by atoms with Crippen LogP contribution in [0.25, 0.3) is 11.6 Å². The van der Waals surface area contributed by atoms with Gasteiger partial charge in [0.05, 0.1) is 16.6 Å². The normalized spacial score (nSPS) is 18.6. The first-order valence-corrected chi connectivity index (χ1v) is 7.98. The first kappa shape index (κ1) is 14.2. The van der Waals surface area contributed by atoms with Crippen LogP contribution in [0.4, 0.5) is 0 Å². The summed E-state index contributed by atoms with van der Waals surface area (Å²) in [6.07, 6.45) is 4.24. The molecular weight excluding hydrogens is 288 g/mol. The molecule has 1 aromatic carbocycles. The van der Waals surface area contributed by atoms with Crippen LogP contribution < -0.4 is 16.1 Å². The van der Waals surface area contributed by atoms with Gasteiger partial charge in [0.1, 0.15) is 0 Å². The number of aromatic nitrogens is 2. The van der Waals surface area contributed by atoms with Gasteiger partial charge in [-0.1, -0.05) is 18.2 Å². The maximum Gasteiger partial charge on any atom is 0.271 e. The fraction of sp³-hybridized carbons (Fsp3) is 0.333. The average Bonchev–Trinajstić information content (AvgIpc) is 3.23. The number of rotatable bonds is 4. The maximum atomic E-state index is 12.2. The minimum atomic E-state index is -0.0604. The van der Waals surface area contributed by atoms with E-state index in [1.807, 2.05) is 38.4 Å². The fourth-order valence-electron chi connectivity index (χ4n) is 3.12. The largest absolute Gasteiger partial charge is 0.305 e. The zero-order valence-corrected chi connectivity index (χ0v) is 13.4. The molecule has 0 spiro atoms. The van der Waals surface area contributed by atoms with E-state index in [9.17, 15) is 4.79 Å². The van der Waals surface area contributed by atoms with Gasteiger partial charge in [-0.25, -0.2) is 4.99 Å². The molecule has 1 aromatic heterocycles. The Bertz CT molecular complexity index is 957. The van der Waals surface area contributed by atoms with E-state index < -0.39 is 0 Å². The molecule has 0 saturated heterocycles. The summed E-state index contributed by atoms with van der Waals surface area (Å²) >= 11 is 0. The van der Waals surface area contributed by atoms with Gasteiger partial charge >= 0.3 is 0 Å². The van der Waals surface area contributed by atoms with E-state index in [-0.39, 0.29) is 5.56 Å². The molecule has 1 aliphatic carbocycles. The second-order valence-electron chi connectivity index (χ2n) is 6.56. The highest BCUT2D eigenvalue weighted by Gasteiger charge is 2.29. The Morgan fingerprint density at radius 2 is 2.04 bits per heavy atom. The number of nitrogens with one attached hydrogen (secondary N) is 2. The topological polar surface area (TPSA) is 64.2 Å². The standard InChI is InChI=1S/C18H20N4O/c1-22(2)10-14-12-5-3-4-6-15(12)19-16(14)9-13-17(11-7-8-11)20-21-18(13)23/h3-6,9,11H,7-8,10H2,1-2H3,(H2,20,21,23)/b16-9+. The summed E-state index contributed by atoms with van der Waals surface area (Å²) in [5, 5.41) is 7.91. The lowest BCUT2D eigenvalue weighted by Gasteiger charge is -2.11. The predicted molar refractivity (Wildman–Crippen MR) is 90.6 cm³/mol. The Kier molecular flexibility index (Phi) is 3.31. The lowest BCUT2D eigenvalue weighted by molar-refractivity contribution is 0.462. The summed E-state index contributed by atoms with van der Waals surface area (Å²) in [5.41, 5.74) is 3.77. The smallest absolute Gasteiger partial charge is 0.271 e. The van der Waals surface area contributed by atoms with Gasteiger partial charge in [0.25, 0.3) is 5.56 Å². The van der Waals surface area contributed by atoms with Crippen molar-refractivity contribution in [2.45, 2.75) is 18.8 Å². The van der Waals surface area contributed by atoms with Crippen molar-refractivity contribution in [3.63, 3.8) is 0 Å². The SMILES string of the molecule is CN(C)CC1=c2ccccc2=N/C1=C/c1c(C2CC2)[nH][nH]c1=O. The van der Waals surface area contributed by atoms with E-state index in [0.29, 0.717) is 5.92 Å². The summed E-state index contributed by atoms with van der Waals surface area (Å²) < 4.78 is 0. The summed E-state index contributed by atoms with van der Waals surface area (Å²) in [7, 11) is 4.09. The minimum absolute atomic E-state index is 0.0604. The van der Waals surface area contributed by atoms with Crippen molar-refractivity contribution in [3.05, 3.63) is 62.1 Å². The highest BCUT2D eigenvalue weighted by Crippen LogP contribution is 2.40. The lowest BCUT2D eigenvalue weighted by Crippen LogP contribution is -2.26. The van der Waals surface area contributed by atoms with Crippen molar-refractivity contribution >= 4 is 11.6 Å². The van der Waals surface area contributed by atoms with Gasteiger partial charge in [-0.15, -0.1) is 0 Å². The average molecular weight is 308 g/mol. The van der Waals surface area contributed by atoms with Gasteiger partial charge in [-0.2, -0.15) is 0 Å². The third-order valence-electron chi connectivity index (χ3n) is 4.37. The van der Waals surface area contributed by atoms with E-state index in [1.54, 1.807) is 0 Å². The molecule has 2 N–H and O–H groups in total. The quantitative estimate of drug-likeness (QED) is 0.884. The molecule has 0 amide bonds. The molecule has 0 bridgehead atoms. The molecule has 0 atom stereocenters. The number of hydrogen-bond acceptors (Lipinski definition) is 3. The number of para-hydroxylation sites is 1. The zero-order chi connectivity index (χ0) is 16.0. The summed E-state index contributed by atoms with van der Waals surface area (Å²) in [5.74, 6) is 0.488. The van der Waals surface area contributed by atoms with Gasteiger partial charge in [0.15, 0.2) is 0 Å². The highest BCUT2D eigenvalue weighted by molar-refractivity contribution is 5.76. The third kappa shape index (κ3) is 2.57. The molecule has 0 radical (unpaired) electrons. The Hall–Kier alpha value is -2.40. The van der Waals surface area contributed by atoms with Crippen LogP contribution in [0.15, 0.2) is 39.7 Å². The van der Waals surface area contributed by atoms with Gasteiger partial charge in [-0.05, 0) is 39.1 Å². The molecule has 5 nitrogen and oxygen atoms in total. The molecule has 4 rings (SSSR count). The van der Waals surface area contributed by atoms with Crippen molar-refractivity contribution in [1.29, 1.82) is 0 Å². The molecule has 23 heavy (non-hydrogen) atoms. The van der Waals surface area contributed by atoms with Crippen molar-refractivity contribution in [1.82, 2.24) is 15.1 Å². The molecular formula is C18H20N4O. The molecule has 1 aliphatic heterocycles. The van der Waals surface area contributed by atoms with Gasteiger partial charge < -0.3 is 10.00 Å². The van der Waals surface area contributed by atoms with Crippen molar-refractivity contribution in [2.75, 3.05) is 20.6 Å². The van der Waals surface area contributed by atoms with Gasteiger partial charge in [0.2, 0.25) is 0 Å². The summed E-state index contributed by atoms with van der Waals surface area (Å²) in [6, 6.07) is 8.15. The zero-order valence-electron chi connectivity index (χ0n) is 13.4. The number of H-pyrrole nitrogens is 2. The molecule has 118 valence electrons. The van der Waals surface area contributed by atoms with Gasteiger partial charge in [-0.3, -0.25) is 9.89 Å². The van der Waals surface area contributed by atoms with E-state index in [4.69, 9.17) is 4.99 Å². The Morgan fingerprint density at radius 3 is 2.78 bits per heavy atom. The summed E-state index contributed by atoms with van der Waals surface area (Å²) in [4.78, 5) is 19.1. The van der Waals surface area contributed by atoms with E-state index in [0.717, 1.165) is 46.9 Å². The first-order chi connectivity index (χ1) is 11.1. The van der Waals surface area contributed by atoms with Crippen LogP contribution in [-0.4, -0.2) is 35.7 Å². The molecule has 1 fully saturated rings. The monoisotopic (exact) mass is 308 g/mol. The Morgan fingerprint density at radius 1 is 1.26 bits per heavy atom. The first-order valence-electron chi connectivity index (χ1n) is 7.98. The number of nitrogens with zero attached hydrogens (tertiary/aromatic N) is 2. The van der Waals surface area contributed by atoms with E-state index in [1.165, 1.54) is 5.57 Å². The lowest BCUT2D eigenvalue weighted by atomic mass is 10.1. The second-order valence-corrected chi connectivity index (χ2v) is 6.56. The number of fused-ring (bicyclic) bond motifs is 1. The van der Waals surface area contributed by atoms with Crippen LogP contribution in [0.1, 0.15) is 30.0 Å². The van der Waals surface area contributed by atoms with E-state index in [2.05, 4.69) is 21.2 Å². The molecule has 5 heteroatoms. The van der Waals surface area contributed by atoms with Crippen molar-refractivity contribution < 1.29 is 0 Å². The third-order valence-corrected chi connectivity index (χ3v) is 4.37. The van der Waals surface area contributed by atoms with Crippen LogP contribution in [-0.2, 0) is 0 Å². The molecule has 1 saturated carbocycles. The van der Waals surface area contributed by atoms with Crippen LogP contribution in [0.3, 0.4) is 0 Å². The number of benzene rings is 1. The number of aromatic amines is 2. The Labute approximate surface area is 134 Å². The molecule has 0 unspecified atom stereocenters. The highest BCUT2D eigenvalue weighted by atomic mass is 16.1. The van der Waals surface area contributed by atoms with Gasteiger partial charge in [0, 0.05) is 28.9 Å².